The number of piperidine rings is 1. The lowest BCUT2D eigenvalue weighted by atomic mass is 10.1. The Morgan fingerprint density at radius 3 is 2.65 bits per heavy atom. The molecule has 2 aromatic carbocycles. The first-order chi connectivity index (χ1) is 17.9. The summed E-state index contributed by atoms with van der Waals surface area (Å²) in [5.74, 6) is -0.0743. The molecule has 1 fully saturated rings. The first-order valence-electron chi connectivity index (χ1n) is 12.1. The highest BCUT2D eigenvalue weighted by Gasteiger charge is 2.36. The number of ether oxygens (including phenoxy) is 1. The van der Waals surface area contributed by atoms with Gasteiger partial charge in [-0.05, 0) is 67.3 Å². The monoisotopic (exact) mass is 535 g/mol. The molecular formula is C27H26ClN5O3S. The second kappa shape index (κ2) is 10.9. The van der Waals surface area contributed by atoms with Crippen molar-refractivity contribution in [2.45, 2.75) is 39.2 Å². The number of likely N-dealkylation sites (tertiary alicyclic amines) is 1. The van der Waals surface area contributed by atoms with Crippen LogP contribution in [0.2, 0.25) is 5.02 Å². The predicted molar refractivity (Wildman–Crippen MR) is 147 cm³/mol. The van der Waals surface area contributed by atoms with Gasteiger partial charge in [0, 0.05) is 13.1 Å². The summed E-state index contributed by atoms with van der Waals surface area (Å²) in [6, 6.07) is 13.3. The van der Waals surface area contributed by atoms with Gasteiger partial charge in [0.25, 0.3) is 5.91 Å². The summed E-state index contributed by atoms with van der Waals surface area (Å²) in [7, 11) is 0. The van der Waals surface area contributed by atoms with Crippen molar-refractivity contribution >= 4 is 57.3 Å². The van der Waals surface area contributed by atoms with E-state index in [0.29, 0.717) is 33.2 Å². The highest BCUT2D eigenvalue weighted by molar-refractivity contribution is 8.27. The van der Waals surface area contributed by atoms with E-state index < -0.39 is 5.91 Å². The number of hydrogen-bond donors (Lipinski definition) is 1. The molecule has 2 aromatic rings. The van der Waals surface area contributed by atoms with E-state index in [0.717, 1.165) is 49.7 Å². The number of benzene rings is 2. The summed E-state index contributed by atoms with van der Waals surface area (Å²) in [5.41, 5.74) is 2.94. The maximum Gasteiger partial charge on any atom is 0.283 e. The van der Waals surface area contributed by atoms with E-state index in [9.17, 15) is 9.59 Å². The normalized spacial score (nSPS) is 18.6. The Labute approximate surface area is 224 Å². The molecule has 1 saturated heterocycles. The van der Waals surface area contributed by atoms with Gasteiger partial charge >= 0.3 is 0 Å². The molecule has 2 amide bonds. The summed E-state index contributed by atoms with van der Waals surface area (Å²) in [6.07, 6.45) is 4.88. The number of hydrogen-bond acceptors (Lipinski definition) is 6. The average molecular weight is 536 g/mol. The molecule has 0 aliphatic carbocycles. The van der Waals surface area contributed by atoms with Crippen LogP contribution >= 0.6 is 23.4 Å². The lowest BCUT2D eigenvalue weighted by Crippen LogP contribution is -2.36. The topological polar surface area (TPSA) is 98.4 Å². The SMILES string of the molecule is Cc1ccc(COc2ccc(/C=C3/C(=N)N4N=C(CC(=O)N5CCCCC5)SC4=NC3=O)cc2Cl)cc1. The summed E-state index contributed by atoms with van der Waals surface area (Å²) in [4.78, 5) is 31.3. The first-order valence-corrected chi connectivity index (χ1v) is 13.3. The highest BCUT2D eigenvalue weighted by Crippen LogP contribution is 2.31. The van der Waals surface area contributed by atoms with Crippen LogP contribution in [0.5, 0.6) is 5.75 Å². The molecule has 0 saturated carbocycles. The fourth-order valence-corrected chi connectivity index (χ4v) is 5.34. The maximum atomic E-state index is 12.7. The number of nitrogens with one attached hydrogen (secondary N) is 1. The molecule has 0 radical (unpaired) electrons. The lowest BCUT2D eigenvalue weighted by Gasteiger charge is -2.26. The fraction of sp³-hybridized carbons (Fsp3) is 0.296. The van der Waals surface area contributed by atoms with Gasteiger partial charge in [-0.3, -0.25) is 15.0 Å². The van der Waals surface area contributed by atoms with Gasteiger partial charge in [-0.15, -0.1) is 0 Å². The average Bonchev–Trinajstić information content (AvgIpc) is 3.29. The van der Waals surface area contributed by atoms with Crippen molar-refractivity contribution in [3.8, 4) is 5.75 Å². The Morgan fingerprint density at radius 2 is 1.92 bits per heavy atom. The Balaban J connectivity index is 1.27. The van der Waals surface area contributed by atoms with Crippen LogP contribution in [-0.4, -0.2) is 50.9 Å². The van der Waals surface area contributed by atoms with E-state index in [4.69, 9.17) is 21.7 Å². The Bertz CT molecular complexity index is 1350. The molecule has 0 bridgehead atoms. The van der Waals surface area contributed by atoms with E-state index in [1.165, 1.54) is 10.6 Å². The van der Waals surface area contributed by atoms with Crippen molar-refractivity contribution in [3.63, 3.8) is 0 Å². The minimum atomic E-state index is -0.529. The molecule has 3 heterocycles. The zero-order valence-corrected chi connectivity index (χ0v) is 21.9. The number of nitrogens with zero attached hydrogens (tertiary/aromatic N) is 4. The smallest absolute Gasteiger partial charge is 0.283 e. The van der Waals surface area contributed by atoms with Gasteiger partial charge in [-0.25, -0.2) is 0 Å². The lowest BCUT2D eigenvalue weighted by molar-refractivity contribution is -0.130. The van der Waals surface area contributed by atoms with E-state index in [2.05, 4.69) is 10.1 Å². The van der Waals surface area contributed by atoms with Gasteiger partial charge in [0.15, 0.2) is 5.84 Å². The summed E-state index contributed by atoms with van der Waals surface area (Å²) in [5, 5.41) is 15.5. The first kappa shape index (κ1) is 25.2. The van der Waals surface area contributed by atoms with E-state index in [-0.39, 0.29) is 23.7 Å². The van der Waals surface area contributed by atoms with Gasteiger partial charge in [-0.1, -0.05) is 47.5 Å². The number of carbonyl (C=O) groups excluding carboxylic acids is 2. The fourth-order valence-electron chi connectivity index (χ4n) is 4.22. The van der Waals surface area contributed by atoms with Crippen LogP contribution in [0.4, 0.5) is 0 Å². The van der Waals surface area contributed by atoms with Crippen molar-refractivity contribution in [2.24, 2.45) is 10.1 Å². The van der Waals surface area contributed by atoms with E-state index in [1.54, 1.807) is 24.3 Å². The molecule has 3 aliphatic heterocycles. The van der Waals surface area contributed by atoms with Crippen LogP contribution < -0.4 is 4.74 Å². The largest absolute Gasteiger partial charge is 0.487 e. The minimum absolute atomic E-state index is 0.0133. The van der Waals surface area contributed by atoms with Crippen LogP contribution in [0, 0.1) is 12.3 Å². The molecular weight excluding hydrogens is 510 g/mol. The highest BCUT2D eigenvalue weighted by atomic mass is 35.5. The second-order valence-electron chi connectivity index (χ2n) is 9.10. The van der Waals surface area contributed by atoms with Gasteiger partial charge < -0.3 is 9.64 Å². The van der Waals surface area contributed by atoms with E-state index in [1.807, 2.05) is 36.1 Å². The van der Waals surface area contributed by atoms with Gasteiger partial charge in [0.2, 0.25) is 11.1 Å². The summed E-state index contributed by atoms with van der Waals surface area (Å²) < 4.78 is 5.85. The molecule has 0 atom stereocenters. The number of aryl methyl sites for hydroxylation is 1. The number of fused-ring (bicyclic) bond motifs is 1. The number of rotatable bonds is 6. The molecule has 37 heavy (non-hydrogen) atoms. The third-order valence-corrected chi connectivity index (χ3v) is 7.49. The number of thioether (sulfide) groups is 1. The number of hydrazone groups is 1. The molecule has 190 valence electrons. The minimum Gasteiger partial charge on any atom is -0.487 e. The van der Waals surface area contributed by atoms with Crippen molar-refractivity contribution in [3.05, 3.63) is 69.8 Å². The van der Waals surface area contributed by atoms with Crippen LogP contribution in [0.3, 0.4) is 0 Å². The number of amides is 2. The standard InChI is InChI=1S/C27H26ClN5O3S/c1-17-5-7-18(8-6-17)16-36-22-10-9-19(14-21(22)28)13-20-25(29)33-27(30-26(20)35)37-23(31-33)15-24(34)32-11-3-2-4-12-32/h5-10,13-14,29H,2-4,11-12,15-16H2,1H3/b20-13-,29-25?. The van der Waals surface area contributed by atoms with Crippen molar-refractivity contribution in [1.82, 2.24) is 9.91 Å². The van der Waals surface area contributed by atoms with Gasteiger partial charge in [0.1, 0.15) is 17.4 Å². The summed E-state index contributed by atoms with van der Waals surface area (Å²) in [6.45, 7) is 3.94. The third-order valence-electron chi connectivity index (χ3n) is 6.29. The molecule has 8 nitrogen and oxygen atoms in total. The summed E-state index contributed by atoms with van der Waals surface area (Å²) >= 11 is 7.60. The molecule has 1 N–H and O–H groups in total. The zero-order chi connectivity index (χ0) is 25.9. The molecule has 5 rings (SSSR count). The number of carbonyl (C=O) groups is 2. The molecule has 10 heteroatoms. The van der Waals surface area contributed by atoms with E-state index >= 15 is 0 Å². The van der Waals surface area contributed by atoms with Gasteiger partial charge in [0.05, 0.1) is 17.0 Å². The third kappa shape index (κ3) is 5.78. The molecule has 0 aromatic heterocycles. The van der Waals surface area contributed by atoms with Crippen molar-refractivity contribution in [2.75, 3.05) is 13.1 Å². The number of aliphatic imine (C=N–C) groups is 1. The molecule has 0 unspecified atom stereocenters. The van der Waals surface area contributed by atoms with Crippen LogP contribution in [-0.2, 0) is 16.2 Å². The van der Waals surface area contributed by atoms with Crippen LogP contribution in [0.1, 0.15) is 42.4 Å². The Kier molecular flexibility index (Phi) is 7.43. The van der Waals surface area contributed by atoms with Crippen LogP contribution in [0.15, 0.2) is 58.1 Å². The predicted octanol–water partition coefficient (Wildman–Crippen LogP) is 5.25. The van der Waals surface area contributed by atoms with Crippen molar-refractivity contribution < 1.29 is 14.3 Å². The Hall–Kier alpha value is -3.43. The quantitative estimate of drug-likeness (QED) is 0.509. The van der Waals surface area contributed by atoms with Crippen LogP contribution in [0.25, 0.3) is 6.08 Å². The zero-order valence-electron chi connectivity index (χ0n) is 20.4. The van der Waals surface area contributed by atoms with Crippen molar-refractivity contribution in [1.29, 1.82) is 5.41 Å². The second-order valence-corrected chi connectivity index (χ2v) is 10.5. The van der Waals surface area contributed by atoms with Gasteiger partial charge in [-0.2, -0.15) is 15.1 Å². The maximum absolute atomic E-state index is 12.7. The Morgan fingerprint density at radius 1 is 1.16 bits per heavy atom. The molecule has 0 spiro atoms. The number of halogens is 1. The number of amidine groups is 2. The molecule has 3 aliphatic rings.